The molecule has 284 valence electrons. The van der Waals surface area contributed by atoms with Crippen LogP contribution in [0.1, 0.15) is 11.1 Å². The Kier molecular flexibility index (Phi) is 15.8. The molecule has 0 saturated carbocycles. The molecule has 2 aromatic carbocycles. The van der Waals surface area contributed by atoms with Gasteiger partial charge in [-0.3, -0.25) is 0 Å². The fourth-order valence-electron chi connectivity index (χ4n) is 7.34. The van der Waals surface area contributed by atoms with Gasteiger partial charge in [-0.05, 0) is 23.6 Å². The van der Waals surface area contributed by atoms with E-state index in [1.807, 2.05) is 0 Å². The average molecular weight is 705 g/mol. The fraction of sp³-hybridized carbons (Fsp3) is 0.684. The third-order valence-electron chi connectivity index (χ3n) is 11.2. The van der Waals surface area contributed by atoms with E-state index in [1.165, 1.54) is 34.0 Å². The first-order valence-corrected chi connectivity index (χ1v) is 17.7. The maximum atomic E-state index is 13.2. The van der Waals surface area contributed by atoms with Gasteiger partial charge in [-0.15, -0.1) is 0 Å². The zero-order valence-corrected chi connectivity index (χ0v) is 32.0. The summed E-state index contributed by atoms with van der Waals surface area (Å²) in [6.45, 7) is 7.30. The van der Waals surface area contributed by atoms with E-state index < -0.39 is 25.2 Å². The van der Waals surface area contributed by atoms with Gasteiger partial charge in [-0.1, -0.05) is 54.1 Å². The molecule has 0 radical (unpaired) electrons. The van der Waals surface area contributed by atoms with Crippen molar-refractivity contribution in [2.24, 2.45) is 0 Å². The Morgan fingerprint density at radius 2 is 1.02 bits per heavy atom. The van der Waals surface area contributed by atoms with Crippen molar-refractivity contribution in [2.45, 2.75) is 44.5 Å². The van der Waals surface area contributed by atoms with Crippen LogP contribution in [0.3, 0.4) is 0 Å². The number of quaternary nitrogens is 4. The Labute approximate surface area is 300 Å². The first kappa shape index (κ1) is 42.4. The van der Waals surface area contributed by atoms with E-state index in [4.69, 9.17) is 18.9 Å². The molecule has 0 aromatic heterocycles. The van der Waals surface area contributed by atoms with Crippen LogP contribution in [0.25, 0.3) is 11.1 Å². The Bertz CT molecular complexity index is 1310. The number of nitrogens with zero attached hydrogens (tertiary/aromatic N) is 4. The Morgan fingerprint density at radius 3 is 1.50 bits per heavy atom. The largest absolute Gasteiger partial charge is 0.827 e. The topological polar surface area (TPSA) is 129 Å². The third-order valence-corrected chi connectivity index (χ3v) is 11.2. The van der Waals surface area contributed by atoms with Crippen molar-refractivity contribution in [3.05, 3.63) is 59.7 Å². The molecule has 1 aliphatic heterocycles. The molecule has 0 aliphatic carbocycles. The molecule has 3 rings (SSSR count). The minimum absolute atomic E-state index is 0.0937. The van der Waals surface area contributed by atoms with Crippen LogP contribution in [0, 0.1) is 6.92 Å². The van der Waals surface area contributed by atoms with E-state index in [-0.39, 0.29) is 32.2 Å². The van der Waals surface area contributed by atoms with Crippen LogP contribution >= 0.6 is 0 Å². The second kappa shape index (κ2) is 18.6. The van der Waals surface area contributed by atoms with Gasteiger partial charge in [-0.25, -0.2) is 0 Å². The van der Waals surface area contributed by atoms with Crippen LogP contribution < -0.4 is 20.4 Å². The van der Waals surface area contributed by atoms with Crippen LogP contribution in [0.15, 0.2) is 48.5 Å². The fourth-order valence-corrected chi connectivity index (χ4v) is 7.34. The summed E-state index contributed by atoms with van der Waals surface area (Å²) >= 11 is 0. The number of methoxy groups -OCH3 is 4. The van der Waals surface area contributed by atoms with Gasteiger partial charge < -0.3 is 57.3 Å². The zero-order valence-electron chi connectivity index (χ0n) is 32.0. The molecular formula is C38H64N4O8. The second-order valence-corrected chi connectivity index (χ2v) is 15.7. The lowest BCUT2D eigenvalue weighted by Crippen LogP contribution is -2.71. The number of aryl methyl sites for hydroxylation is 1. The molecule has 1 aliphatic rings. The minimum atomic E-state index is -1.25. The van der Waals surface area contributed by atoms with Crippen LogP contribution in [-0.2, 0) is 25.4 Å². The smallest absolute Gasteiger partial charge is 0.143 e. The van der Waals surface area contributed by atoms with Gasteiger partial charge in [0.25, 0.3) is 0 Å². The molecule has 0 N–H and O–H groups in total. The van der Waals surface area contributed by atoms with Crippen molar-refractivity contribution in [3.8, 4) is 11.1 Å². The highest BCUT2D eigenvalue weighted by Crippen LogP contribution is 2.26. The summed E-state index contributed by atoms with van der Waals surface area (Å²) in [5, 5.41) is 51.9. The van der Waals surface area contributed by atoms with Gasteiger partial charge in [0.1, 0.15) is 51.9 Å². The van der Waals surface area contributed by atoms with E-state index in [2.05, 4.69) is 83.6 Å². The van der Waals surface area contributed by atoms with Gasteiger partial charge in [0, 0.05) is 60.0 Å². The molecule has 12 heteroatoms. The summed E-state index contributed by atoms with van der Waals surface area (Å²) in [5.74, 6) is 0. The molecular weight excluding hydrogens is 640 g/mol. The summed E-state index contributed by atoms with van der Waals surface area (Å²) < 4.78 is 22.7. The number of hydrogen-bond donors (Lipinski definition) is 0. The molecule has 0 spiro atoms. The van der Waals surface area contributed by atoms with Gasteiger partial charge >= 0.3 is 0 Å². The molecule has 1 saturated heterocycles. The number of ether oxygens (including phenoxy) is 4. The predicted molar refractivity (Wildman–Crippen MR) is 186 cm³/mol. The van der Waals surface area contributed by atoms with Crippen LogP contribution in [0.4, 0.5) is 0 Å². The van der Waals surface area contributed by atoms with Crippen molar-refractivity contribution in [1.82, 2.24) is 0 Å². The maximum absolute atomic E-state index is 13.2. The summed E-state index contributed by atoms with van der Waals surface area (Å²) in [7, 11) is 14.1. The molecule has 2 aromatic rings. The van der Waals surface area contributed by atoms with E-state index in [1.54, 1.807) is 0 Å². The van der Waals surface area contributed by atoms with Gasteiger partial charge in [0.2, 0.25) is 0 Å². The summed E-state index contributed by atoms with van der Waals surface area (Å²) in [6, 6.07) is 17.0. The highest BCUT2D eigenvalue weighted by atomic mass is 16.6. The highest BCUT2D eigenvalue weighted by molar-refractivity contribution is 5.64. The quantitative estimate of drug-likeness (QED) is 0.166. The molecule has 9 unspecified atom stereocenters. The number of rotatable bonds is 15. The van der Waals surface area contributed by atoms with Crippen molar-refractivity contribution in [3.63, 3.8) is 0 Å². The Balaban J connectivity index is 2.13. The van der Waals surface area contributed by atoms with E-state index in [9.17, 15) is 20.4 Å². The lowest BCUT2D eigenvalue weighted by molar-refractivity contribution is -1.03. The van der Waals surface area contributed by atoms with Crippen molar-refractivity contribution < 1.29 is 57.3 Å². The molecule has 0 bridgehead atoms. The first-order valence-electron chi connectivity index (χ1n) is 17.7. The Hall–Kier alpha value is -2.04. The van der Waals surface area contributed by atoms with Gasteiger partial charge in [0.05, 0.1) is 54.4 Å². The lowest BCUT2D eigenvalue weighted by atomic mass is 9.97. The minimum Gasteiger partial charge on any atom is -0.827 e. The first-order chi connectivity index (χ1) is 23.5. The highest BCUT2D eigenvalue weighted by Gasteiger charge is 2.44. The van der Waals surface area contributed by atoms with Crippen molar-refractivity contribution in [1.29, 1.82) is 0 Å². The van der Waals surface area contributed by atoms with Crippen molar-refractivity contribution in [2.75, 3.05) is 129 Å². The summed E-state index contributed by atoms with van der Waals surface area (Å²) in [6.07, 6.45) is -4.25. The number of likely N-dealkylation sites (N-methyl/N-ethyl adjacent to an activating group) is 4. The zero-order chi connectivity index (χ0) is 37.2. The SMILES string of the molecule is COC([O-])C[N+]1(C)CC[N+](C)(CC([O-])OC)CC[N+](C)(CC([O-])OC)C(Cc2ccc(-c3cccc(C)c3)cc2)C[N+](C)(CC([O-])OC)CC1. The van der Waals surface area contributed by atoms with Crippen molar-refractivity contribution >= 4 is 0 Å². The molecule has 50 heavy (non-hydrogen) atoms. The molecule has 1 fully saturated rings. The average Bonchev–Trinajstić information content (AvgIpc) is 3.08. The molecule has 1 heterocycles. The third kappa shape index (κ3) is 12.6. The molecule has 9 atom stereocenters. The standard InChI is InChI=1S/C38H64N4O8/c1-30-11-10-12-33(23-30)32-15-13-31(14-16-32)24-34-25-41(4,28-37(45)49-8)20-19-39(2,26-35(43)47-6)17-18-40(3,27-36(44)48-7)21-22-42(34,5)29-38(46)50-9/h10-16,23,34-38H,17-22,24-29H2,1-9H3. The maximum Gasteiger partial charge on any atom is 0.143 e. The predicted octanol–water partition coefficient (Wildman–Crippen LogP) is -1.30. The van der Waals surface area contributed by atoms with E-state index in [0.29, 0.717) is 70.2 Å². The monoisotopic (exact) mass is 704 g/mol. The van der Waals surface area contributed by atoms with E-state index >= 15 is 0 Å². The number of benzene rings is 2. The molecule has 0 amide bonds. The van der Waals surface area contributed by atoms with Gasteiger partial charge in [-0.2, -0.15) is 0 Å². The lowest BCUT2D eigenvalue weighted by Gasteiger charge is -2.52. The van der Waals surface area contributed by atoms with Crippen LogP contribution in [-0.4, -0.2) is 178 Å². The summed E-state index contributed by atoms with van der Waals surface area (Å²) in [5.41, 5.74) is 4.61. The molecule has 12 nitrogen and oxygen atoms in total. The van der Waals surface area contributed by atoms with E-state index in [0.717, 1.165) is 16.7 Å². The Morgan fingerprint density at radius 1 is 0.580 bits per heavy atom. The summed E-state index contributed by atoms with van der Waals surface area (Å²) in [4.78, 5) is 0. The van der Waals surface area contributed by atoms with Crippen LogP contribution in [0.2, 0.25) is 0 Å². The van der Waals surface area contributed by atoms with Crippen LogP contribution in [0.5, 0.6) is 0 Å². The second-order valence-electron chi connectivity index (χ2n) is 15.7. The normalized spacial score (nSPS) is 30.9. The number of hydrogen-bond acceptors (Lipinski definition) is 8. The van der Waals surface area contributed by atoms with Gasteiger partial charge in [0.15, 0.2) is 0 Å².